The molecule has 1 heterocycles. The predicted molar refractivity (Wildman–Crippen MR) is 93.6 cm³/mol. The number of rotatable bonds is 7. The number of nitrogens with zero attached hydrogens (tertiary/aromatic N) is 1. The second-order valence-corrected chi connectivity index (χ2v) is 6.04. The third kappa shape index (κ3) is 5.13. The van der Waals surface area contributed by atoms with Crippen LogP contribution in [0, 0.1) is 0 Å². The Morgan fingerprint density at radius 2 is 2.17 bits per heavy atom. The number of urea groups is 1. The Morgan fingerprint density at radius 1 is 1.35 bits per heavy atom. The summed E-state index contributed by atoms with van der Waals surface area (Å²) in [6.45, 7) is 1.47. The molecule has 7 heteroatoms. The molecule has 124 valence electrons. The quantitative estimate of drug-likeness (QED) is 0.814. The molecule has 0 saturated carbocycles. The van der Waals surface area contributed by atoms with Crippen LogP contribution < -0.4 is 10.1 Å². The second kappa shape index (κ2) is 8.76. The van der Waals surface area contributed by atoms with Crippen molar-refractivity contribution in [2.24, 2.45) is 0 Å². The zero-order valence-corrected chi connectivity index (χ0v) is 14.6. The molecule has 0 fully saturated rings. The van der Waals surface area contributed by atoms with Gasteiger partial charge in [-0.3, -0.25) is 0 Å². The fourth-order valence-electron chi connectivity index (χ4n) is 2.03. The van der Waals surface area contributed by atoms with Gasteiger partial charge in [0.15, 0.2) is 0 Å². The molecule has 0 unspecified atom stereocenters. The van der Waals surface area contributed by atoms with E-state index in [1.54, 1.807) is 48.7 Å². The van der Waals surface area contributed by atoms with Gasteiger partial charge in [-0.2, -0.15) is 11.3 Å². The normalized spacial score (nSPS) is 10.4. The highest BCUT2D eigenvalue weighted by Gasteiger charge is 2.16. The van der Waals surface area contributed by atoms with Gasteiger partial charge in [0.2, 0.25) is 0 Å². The summed E-state index contributed by atoms with van der Waals surface area (Å²) in [6, 6.07) is 6.86. The van der Waals surface area contributed by atoms with Crippen molar-refractivity contribution in [2.45, 2.75) is 6.54 Å². The topological polar surface area (TPSA) is 50.8 Å². The summed E-state index contributed by atoms with van der Waals surface area (Å²) >= 11 is 7.60. The van der Waals surface area contributed by atoms with E-state index < -0.39 is 0 Å². The summed E-state index contributed by atoms with van der Waals surface area (Å²) in [4.78, 5) is 14.3. The summed E-state index contributed by atoms with van der Waals surface area (Å²) in [7, 11) is 3.16. The number of amides is 2. The van der Waals surface area contributed by atoms with Crippen LogP contribution >= 0.6 is 22.9 Å². The van der Waals surface area contributed by atoms with Gasteiger partial charge >= 0.3 is 6.03 Å². The van der Waals surface area contributed by atoms with Crippen molar-refractivity contribution in [3.8, 4) is 5.75 Å². The highest BCUT2D eigenvalue weighted by molar-refractivity contribution is 7.07. The molecule has 1 aromatic heterocycles. The number of hydrogen-bond donors (Lipinski definition) is 1. The number of benzene rings is 1. The Kier molecular flexibility index (Phi) is 6.70. The first kappa shape index (κ1) is 17.6. The Hall–Kier alpha value is -1.76. The third-order valence-electron chi connectivity index (χ3n) is 3.21. The van der Waals surface area contributed by atoms with Crippen LogP contribution in [-0.4, -0.2) is 38.3 Å². The van der Waals surface area contributed by atoms with Crippen LogP contribution in [-0.2, 0) is 11.3 Å². The zero-order chi connectivity index (χ0) is 16.7. The Morgan fingerprint density at radius 3 is 2.83 bits per heavy atom. The molecule has 2 rings (SSSR count). The van der Waals surface area contributed by atoms with E-state index in [4.69, 9.17) is 21.1 Å². The van der Waals surface area contributed by atoms with Crippen molar-refractivity contribution in [1.29, 1.82) is 0 Å². The summed E-state index contributed by atoms with van der Waals surface area (Å²) in [5, 5.41) is 7.39. The highest BCUT2D eigenvalue weighted by Crippen LogP contribution is 2.28. The molecule has 0 aliphatic heterocycles. The Balaban J connectivity index is 2.11. The number of thiophene rings is 1. The molecule has 5 nitrogen and oxygen atoms in total. The van der Waals surface area contributed by atoms with E-state index in [9.17, 15) is 4.79 Å². The van der Waals surface area contributed by atoms with Crippen LogP contribution in [0.25, 0.3) is 0 Å². The lowest BCUT2D eigenvalue weighted by Crippen LogP contribution is -2.36. The number of methoxy groups -OCH3 is 2. The van der Waals surface area contributed by atoms with E-state index in [-0.39, 0.29) is 6.03 Å². The maximum absolute atomic E-state index is 12.6. The monoisotopic (exact) mass is 354 g/mol. The van der Waals surface area contributed by atoms with Crippen molar-refractivity contribution in [3.63, 3.8) is 0 Å². The van der Waals surface area contributed by atoms with Crippen LogP contribution in [0.2, 0.25) is 5.02 Å². The minimum absolute atomic E-state index is 0.228. The van der Waals surface area contributed by atoms with Crippen LogP contribution in [0.5, 0.6) is 5.75 Å². The van der Waals surface area contributed by atoms with Crippen molar-refractivity contribution < 1.29 is 14.3 Å². The predicted octanol–water partition coefficient (Wildman–Crippen LogP) is 4.09. The largest absolute Gasteiger partial charge is 0.495 e. The first-order valence-corrected chi connectivity index (χ1v) is 8.35. The lowest BCUT2D eigenvalue weighted by Gasteiger charge is -2.23. The van der Waals surface area contributed by atoms with Gasteiger partial charge in [-0.05, 0) is 40.6 Å². The Bertz CT molecular complexity index is 634. The van der Waals surface area contributed by atoms with Gasteiger partial charge in [0.05, 0.1) is 19.4 Å². The molecule has 0 bridgehead atoms. The Labute approximate surface area is 144 Å². The molecule has 1 aromatic carbocycles. The van der Waals surface area contributed by atoms with Gasteiger partial charge in [0.1, 0.15) is 5.75 Å². The first-order chi connectivity index (χ1) is 11.1. The van der Waals surface area contributed by atoms with Gasteiger partial charge in [-0.15, -0.1) is 0 Å². The minimum atomic E-state index is -0.228. The summed E-state index contributed by atoms with van der Waals surface area (Å²) < 4.78 is 10.3. The van der Waals surface area contributed by atoms with E-state index in [0.717, 1.165) is 5.56 Å². The standard InChI is InChI=1S/C16H19ClN2O3S/c1-21-7-6-19(10-12-5-8-23-11-12)16(20)18-14-9-13(17)3-4-15(14)22-2/h3-5,8-9,11H,6-7,10H2,1-2H3,(H,18,20). The van der Waals surface area contributed by atoms with E-state index in [0.29, 0.717) is 36.2 Å². The van der Waals surface area contributed by atoms with Crippen LogP contribution in [0.1, 0.15) is 5.56 Å². The summed E-state index contributed by atoms with van der Waals surface area (Å²) in [6.07, 6.45) is 0. The molecular formula is C16H19ClN2O3S. The van der Waals surface area contributed by atoms with Gasteiger partial charge in [-0.1, -0.05) is 11.6 Å². The fraction of sp³-hybridized carbons (Fsp3) is 0.312. The molecule has 2 aromatic rings. The smallest absolute Gasteiger partial charge is 0.322 e. The molecule has 0 saturated heterocycles. The third-order valence-corrected chi connectivity index (χ3v) is 4.18. The molecule has 0 aliphatic rings. The SMILES string of the molecule is COCCN(Cc1ccsc1)C(=O)Nc1cc(Cl)ccc1OC. The molecule has 1 N–H and O–H groups in total. The van der Waals surface area contributed by atoms with Gasteiger partial charge in [0, 0.05) is 25.2 Å². The minimum Gasteiger partial charge on any atom is -0.495 e. The van der Waals surface area contributed by atoms with E-state index in [1.165, 1.54) is 0 Å². The van der Waals surface area contributed by atoms with Crippen molar-refractivity contribution in [1.82, 2.24) is 4.90 Å². The number of nitrogens with one attached hydrogen (secondary N) is 1. The number of carbonyl (C=O) groups excluding carboxylic acids is 1. The van der Waals surface area contributed by atoms with Crippen molar-refractivity contribution in [2.75, 3.05) is 32.7 Å². The lowest BCUT2D eigenvalue weighted by molar-refractivity contribution is 0.153. The molecular weight excluding hydrogens is 336 g/mol. The van der Waals surface area contributed by atoms with E-state index >= 15 is 0 Å². The van der Waals surface area contributed by atoms with Crippen molar-refractivity contribution in [3.05, 3.63) is 45.6 Å². The number of halogens is 1. The second-order valence-electron chi connectivity index (χ2n) is 4.82. The average molecular weight is 355 g/mol. The van der Waals surface area contributed by atoms with Gasteiger partial charge < -0.3 is 19.7 Å². The first-order valence-electron chi connectivity index (χ1n) is 7.03. The van der Waals surface area contributed by atoms with Crippen molar-refractivity contribution >= 4 is 34.7 Å². The van der Waals surface area contributed by atoms with Gasteiger partial charge in [-0.25, -0.2) is 4.79 Å². The highest BCUT2D eigenvalue weighted by atomic mass is 35.5. The molecule has 0 spiro atoms. The number of hydrogen-bond acceptors (Lipinski definition) is 4. The fourth-order valence-corrected chi connectivity index (χ4v) is 2.86. The number of ether oxygens (including phenoxy) is 2. The average Bonchev–Trinajstić information content (AvgIpc) is 3.04. The maximum atomic E-state index is 12.6. The molecule has 2 amide bonds. The van der Waals surface area contributed by atoms with Crippen LogP contribution in [0.3, 0.4) is 0 Å². The number of carbonyl (C=O) groups is 1. The zero-order valence-electron chi connectivity index (χ0n) is 13.0. The molecule has 0 radical (unpaired) electrons. The molecule has 0 aliphatic carbocycles. The lowest BCUT2D eigenvalue weighted by atomic mass is 10.3. The van der Waals surface area contributed by atoms with E-state index in [1.807, 2.05) is 16.8 Å². The van der Waals surface area contributed by atoms with Crippen LogP contribution in [0.4, 0.5) is 10.5 Å². The van der Waals surface area contributed by atoms with Crippen LogP contribution in [0.15, 0.2) is 35.0 Å². The van der Waals surface area contributed by atoms with E-state index in [2.05, 4.69) is 5.32 Å². The molecule has 23 heavy (non-hydrogen) atoms. The summed E-state index contributed by atoms with van der Waals surface area (Å²) in [5.74, 6) is 0.560. The molecule has 0 atom stereocenters. The number of anilines is 1. The maximum Gasteiger partial charge on any atom is 0.322 e. The summed E-state index contributed by atoms with van der Waals surface area (Å²) in [5.41, 5.74) is 1.62. The van der Waals surface area contributed by atoms with Gasteiger partial charge in [0.25, 0.3) is 0 Å².